The van der Waals surface area contributed by atoms with E-state index in [-0.39, 0.29) is 11.9 Å². The Morgan fingerprint density at radius 3 is 2.64 bits per heavy atom. The summed E-state index contributed by atoms with van der Waals surface area (Å²) in [6, 6.07) is 5.20. The molecule has 1 atom stereocenters. The molecule has 0 radical (unpaired) electrons. The first-order valence-electron chi connectivity index (χ1n) is 4.94. The van der Waals surface area contributed by atoms with Gasteiger partial charge in [-0.15, -0.1) is 0 Å². The Hall–Kier alpha value is -0.930. The highest BCUT2D eigenvalue weighted by Gasteiger charge is 2.31. The number of hydrazine groups is 1. The normalized spacial score (nSPS) is 18.2. The largest absolute Gasteiger partial charge is 0.271 e. The van der Waals surface area contributed by atoms with Crippen molar-refractivity contribution in [3.63, 3.8) is 0 Å². The molecule has 14 heavy (non-hydrogen) atoms. The van der Waals surface area contributed by atoms with Gasteiger partial charge in [-0.3, -0.25) is 11.3 Å². The first kappa shape index (κ1) is 9.62. The van der Waals surface area contributed by atoms with Crippen molar-refractivity contribution < 1.29 is 4.39 Å². The van der Waals surface area contributed by atoms with Crippen molar-refractivity contribution in [2.45, 2.75) is 25.8 Å². The number of aryl methyl sites for hydroxylation is 1. The van der Waals surface area contributed by atoms with Crippen molar-refractivity contribution in [1.29, 1.82) is 0 Å². The lowest BCUT2D eigenvalue weighted by atomic mass is 10.0. The van der Waals surface area contributed by atoms with Crippen molar-refractivity contribution in [2.75, 3.05) is 0 Å². The zero-order valence-corrected chi connectivity index (χ0v) is 8.26. The minimum Gasteiger partial charge on any atom is -0.271 e. The Kier molecular flexibility index (Phi) is 2.52. The second-order valence-electron chi connectivity index (χ2n) is 4.04. The molecule has 0 aromatic heterocycles. The van der Waals surface area contributed by atoms with Gasteiger partial charge < -0.3 is 0 Å². The van der Waals surface area contributed by atoms with Crippen LogP contribution >= 0.6 is 0 Å². The molecule has 2 nitrogen and oxygen atoms in total. The molecule has 1 aliphatic rings. The lowest BCUT2D eigenvalue weighted by Crippen LogP contribution is -2.29. The summed E-state index contributed by atoms with van der Waals surface area (Å²) in [6.07, 6.45) is 2.37. The Balaban J connectivity index is 2.28. The molecule has 3 heteroatoms. The number of halogens is 1. The predicted octanol–water partition coefficient (Wildman–Crippen LogP) is 2.05. The van der Waals surface area contributed by atoms with Crippen LogP contribution in [0.15, 0.2) is 18.2 Å². The maximum Gasteiger partial charge on any atom is 0.123 e. The van der Waals surface area contributed by atoms with Gasteiger partial charge in [0.25, 0.3) is 0 Å². The fraction of sp³-hybridized carbons (Fsp3) is 0.455. The van der Waals surface area contributed by atoms with E-state index in [0.29, 0.717) is 5.92 Å². The highest BCUT2D eigenvalue weighted by molar-refractivity contribution is 5.27. The third kappa shape index (κ3) is 1.94. The summed E-state index contributed by atoms with van der Waals surface area (Å²) in [6.45, 7) is 1.90. The van der Waals surface area contributed by atoms with E-state index < -0.39 is 0 Å². The average molecular weight is 194 g/mol. The van der Waals surface area contributed by atoms with Crippen LogP contribution in [0.3, 0.4) is 0 Å². The van der Waals surface area contributed by atoms with Crippen LogP contribution in [-0.4, -0.2) is 0 Å². The number of hydrogen-bond donors (Lipinski definition) is 2. The van der Waals surface area contributed by atoms with Crippen LogP contribution in [0.4, 0.5) is 4.39 Å². The van der Waals surface area contributed by atoms with E-state index in [9.17, 15) is 4.39 Å². The maximum atomic E-state index is 13.1. The molecule has 0 aliphatic heterocycles. The van der Waals surface area contributed by atoms with Crippen LogP contribution < -0.4 is 11.3 Å². The van der Waals surface area contributed by atoms with Gasteiger partial charge in [-0.2, -0.15) is 0 Å². The number of rotatable bonds is 3. The van der Waals surface area contributed by atoms with Crippen molar-refractivity contribution >= 4 is 0 Å². The van der Waals surface area contributed by atoms with E-state index in [1.807, 2.05) is 13.0 Å². The van der Waals surface area contributed by atoms with Crippen LogP contribution in [0.1, 0.15) is 30.0 Å². The molecule has 0 heterocycles. The summed E-state index contributed by atoms with van der Waals surface area (Å²) in [7, 11) is 0. The smallest absolute Gasteiger partial charge is 0.123 e. The summed E-state index contributed by atoms with van der Waals surface area (Å²) >= 11 is 0. The molecule has 0 amide bonds. The summed E-state index contributed by atoms with van der Waals surface area (Å²) in [5.74, 6) is 5.88. The minimum atomic E-state index is -0.180. The van der Waals surface area contributed by atoms with Gasteiger partial charge >= 0.3 is 0 Å². The SMILES string of the molecule is Cc1cc(F)cc(C(NN)C2CC2)c1. The predicted molar refractivity (Wildman–Crippen MR) is 53.9 cm³/mol. The van der Waals surface area contributed by atoms with Crippen molar-refractivity contribution in [3.05, 3.63) is 35.1 Å². The van der Waals surface area contributed by atoms with Crippen molar-refractivity contribution in [1.82, 2.24) is 5.43 Å². The Morgan fingerprint density at radius 2 is 2.14 bits per heavy atom. The molecule has 1 saturated carbocycles. The first-order chi connectivity index (χ1) is 6.70. The van der Waals surface area contributed by atoms with E-state index in [1.165, 1.54) is 18.9 Å². The van der Waals surface area contributed by atoms with Gasteiger partial charge in [0.15, 0.2) is 0 Å². The second-order valence-corrected chi connectivity index (χ2v) is 4.04. The zero-order valence-electron chi connectivity index (χ0n) is 8.26. The van der Waals surface area contributed by atoms with Gasteiger partial charge in [-0.1, -0.05) is 6.07 Å². The molecule has 1 aromatic carbocycles. The molecule has 0 bridgehead atoms. The third-order valence-corrected chi connectivity index (χ3v) is 2.70. The average Bonchev–Trinajstić information content (AvgIpc) is 2.87. The van der Waals surface area contributed by atoms with Crippen LogP contribution in [0, 0.1) is 18.7 Å². The highest BCUT2D eigenvalue weighted by Crippen LogP contribution is 2.40. The van der Waals surface area contributed by atoms with Gasteiger partial charge in [-0.05, 0) is 48.9 Å². The van der Waals surface area contributed by atoms with E-state index in [4.69, 9.17) is 5.84 Å². The van der Waals surface area contributed by atoms with Gasteiger partial charge in [0, 0.05) is 6.04 Å². The van der Waals surface area contributed by atoms with Gasteiger partial charge in [0.05, 0.1) is 0 Å². The van der Waals surface area contributed by atoms with Crippen molar-refractivity contribution in [3.8, 4) is 0 Å². The van der Waals surface area contributed by atoms with Crippen molar-refractivity contribution in [2.24, 2.45) is 11.8 Å². The second kappa shape index (κ2) is 3.67. The molecule has 0 spiro atoms. The van der Waals surface area contributed by atoms with E-state index in [1.54, 1.807) is 6.07 Å². The topological polar surface area (TPSA) is 38.0 Å². The molecule has 2 rings (SSSR count). The molecule has 1 fully saturated rings. The first-order valence-corrected chi connectivity index (χ1v) is 4.94. The summed E-state index contributed by atoms with van der Waals surface area (Å²) in [5.41, 5.74) is 4.68. The summed E-state index contributed by atoms with van der Waals surface area (Å²) in [4.78, 5) is 0. The maximum absolute atomic E-state index is 13.1. The summed E-state index contributed by atoms with van der Waals surface area (Å²) < 4.78 is 13.1. The van der Waals surface area contributed by atoms with Crippen LogP contribution in [-0.2, 0) is 0 Å². The Labute approximate surface area is 83.3 Å². The molecule has 3 N–H and O–H groups in total. The molecular formula is C11H15FN2. The van der Waals surface area contributed by atoms with E-state index >= 15 is 0 Å². The molecule has 0 saturated heterocycles. The summed E-state index contributed by atoms with van der Waals surface area (Å²) in [5, 5.41) is 0. The number of hydrogen-bond acceptors (Lipinski definition) is 2. The standard InChI is InChI=1S/C11H15FN2/c1-7-4-9(6-10(12)5-7)11(14-13)8-2-3-8/h4-6,8,11,14H,2-3,13H2,1H3. The lowest BCUT2D eigenvalue weighted by Gasteiger charge is -2.16. The third-order valence-electron chi connectivity index (χ3n) is 2.70. The number of nitrogens with one attached hydrogen (secondary N) is 1. The highest BCUT2D eigenvalue weighted by atomic mass is 19.1. The molecule has 1 unspecified atom stereocenters. The van der Waals surface area contributed by atoms with Gasteiger partial charge in [-0.25, -0.2) is 4.39 Å². The number of benzene rings is 1. The minimum absolute atomic E-state index is 0.115. The van der Waals surface area contributed by atoms with Crippen LogP contribution in [0.5, 0.6) is 0 Å². The lowest BCUT2D eigenvalue weighted by molar-refractivity contribution is 0.492. The quantitative estimate of drug-likeness (QED) is 0.571. The Bertz CT molecular complexity index is 314. The van der Waals surface area contributed by atoms with Crippen LogP contribution in [0.25, 0.3) is 0 Å². The fourth-order valence-electron chi connectivity index (χ4n) is 1.88. The van der Waals surface area contributed by atoms with Crippen LogP contribution in [0.2, 0.25) is 0 Å². The number of nitrogens with two attached hydrogens (primary N) is 1. The molecular weight excluding hydrogens is 179 g/mol. The monoisotopic (exact) mass is 194 g/mol. The van der Waals surface area contributed by atoms with Gasteiger partial charge in [0.2, 0.25) is 0 Å². The molecule has 76 valence electrons. The Morgan fingerprint density at radius 1 is 1.43 bits per heavy atom. The van der Waals surface area contributed by atoms with E-state index in [2.05, 4.69) is 5.43 Å². The van der Waals surface area contributed by atoms with E-state index in [0.717, 1.165) is 11.1 Å². The molecule has 1 aliphatic carbocycles. The fourth-order valence-corrected chi connectivity index (χ4v) is 1.88. The van der Waals surface area contributed by atoms with Gasteiger partial charge in [0.1, 0.15) is 5.82 Å². The molecule has 1 aromatic rings. The zero-order chi connectivity index (χ0) is 10.1.